The van der Waals surface area contributed by atoms with Crippen LogP contribution in [-0.4, -0.2) is 28.5 Å². The van der Waals surface area contributed by atoms with E-state index in [1.54, 1.807) is 7.11 Å². The van der Waals surface area contributed by atoms with Crippen molar-refractivity contribution in [2.45, 2.75) is 12.3 Å². The maximum Gasteiger partial charge on any atom is 0.232 e. The van der Waals surface area contributed by atoms with E-state index in [1.165, 1.54) is 24.3 Å². The molecule has 1 aromatic heterocycles. The predicted octanol–water partition coefficient (Wildman–Crippen LogP) is 1.94. The van der Waals surface area contributed by atoms with Crippen LogP contribution in [0.4, 0.5) is 10.1 Å². The summed E-state index contributed by atoms with van der Waals surface area (Å²) < 4.78 is 18.3. The molecular formula is C17H15FN5O2-. The van der Waals surface area contributed by atoms with Crippen LogP contribution in [0.5, 0.6) is 5.75 Å². The fraction of sp³-hybridized carbons (Fsp3) is 0.176. The Kier molecular flexibility index (Phi) is 4.98. The third-order valence-corrected chi connectivity index (χ3v) is 3.69. The van der Waals surface area contributed by atoms with Crippen LogP contribution in [-0.2, 0) is 11.2 Å². The summed E-state index contributed by atoms with van der Waals surface area (Å²) in [5.74, 6) is -0.555. The number of nitrogens with one attached hydrogen (secondary N) is 1. The molecule has 3 aromatic rings. The highest BCUT2D eigenvalue weighted by atomic mass is 19.1. The molecule has 1 N–H and O–H groups in total. The molecule has 0 aliphatic rings. The zero-order chi connectivity index (χ0) is 17.6. The zero-order valence-electron chi connectivity index (χ0n) is 13.4. The molecule has 128 valence electrons. The van der Waals surface area contributed by atoms with Gasteiger partial charge in [0.1, 0.15) is 11.6 Å². The number of ether oxygens (including phenoxy) is 1. The first-order valence-electron chi connectivity index (χ1n) is 7.54. The van der Waals surface area contributed by atoms with Crippen LogP contribution in [0, 0.1) is 5.82 Å². The minimum atomic E-state index is -0.712. The van der Waals surface area contributed by atoms with Crippen molar-refractivity contribution in [3.05, 3.63) is 65.7 Å². The molecule has 0 saturated carbocycles. The molecule has 2 aromatic carbocycles. The third-order valence-electron chi connectivity index (χ3n) is 3.69. The number of benzene rings is 2. The molecule has 8 heteroatoms. The number of rotatable bonds is 6. The first kappa shape index (κ1) is 16.6. The van der Waals surface area contributed by atoms with Crippen LogP contribution in [0.1, 0.15) is 17.3 Å². The lowest BCUT2D eigenvalue weighted by Gasteiger charge is -2.18. The summed E-state index contributed by atoms with van der Waals surface area (Å²) in [5, 5.41) is 17.3. The maximum atomic E-state index is 13.0. The number of methoxy groups -OCH3 is 1. The van der Waals surface area contributed by atoms with Crippen LogP contribution in [0.3, 0.4) is 0 Å². The largest absolute Gasteiger partial charge is 0.496 e. The Hall–Kier alpha value is -3.29. The normalized spacial score (nSPS) is 11.8. The van der Waals surface area contributed by atoms with Crippen molar-refractivity contribution in [3.8, 4) is 5.75 Å². The Morgan fingerprint density at radius 1 is 1.24 bits per heavy atom. The lowest BCUT2D eigenvalue weighted by atomic mass is 9.97. The van der Waals surface area contributed by atoms with Gasteiger partial charge in [-0.2, -0.15) is 5.21 Å². The number of carbonyl (C=O) groups is 1. The predicted molar refractivity (Wildman–Crippen MR) is 87.6 cm³/mol. The molecule has 0 radical (unpaired) electrons. The van der Waals surface area contributed by atoms with Crippen LogP contribution >= 0.6 is 0 Å². The van der Waals surface area contributed by atoms with Gasteiger partial charge in [0, 0.05) is 11.5 Å². The van der Waals surface area contributed by atoms with Gasteiger partial charge in [0.2, 0.25) is 5.91 Å². The quantitative estimate of drug-likeness (QED) is 0.737. The average molecular weight is 340 g/mol. The Balaban J connectivity index is 1.84. The third kappa shape index (κ3) is 3.97. The zero-order valence-corrected chi connectivity index (χ0v) is 13.4. The maximum absolute atomic E-state index is 13.0. The smallest absolute Gasteiger partial charge is 0.232 e. The summed E-state index contributed by atoms with van der Waals surface area (Å²) in [4.78, 5) is 12.7. The highest BCUT2D eigenvalue weighted by Gasteiger charge is 2.22. The van der Waals surface area contributed by atoms with Gasteiger partial charge < -0.3 is 15.2 Å². The molecule has 1 amide bonds. The summed E-state index contributed by atoms with van der Waals surface area (Å²) >= 11 is 0. The van der Waals surface area contributed by atoms with Crippen molar-refractivity contribution in [2.24, 2.45) is 0 Å². The van der Waals surface area contributed by atoms with Gasteiger partial charge in [-0.15, -0.1) is 0 Å². The van der Waals surface area contributed by atoms with Gasteiger partial charge in [-0.05, 0) is 42.3 Å². The van der Waals surface area contributed by atoms with Crippen molar-refractivity contribution in [1.29, 1.82) is 0 Å². The molecule has 7 nitrogen and oxygen atoms in total. The van der Waals surface area contributed by atoms with Crippen molar-refractivity contribution in [3.63, 3.8) is 0 Å². The van der Waals surface area contributed by atoms with Crippen molar-refractivity contribution < 1.29 is 13.9 Å². The Morgan fingerprint density at radius 2 is 2.00 bits per heavy atom. The van der Waals surface area contributed by atoms with Crippen LogP contribution < -0.4 is 15.2 Å². The topological polar surface area (TPSA) is 91.1 Å². The molecule has 1 heterocycles. The lowest BCUT2D eigenvalue weighted by Crippen LogP contribution is -2.24. The molecule has 0 bridgehead atoms. The van der Waals surface area contributed by atoms with E-state index >= 15 is 0 Å². The van der Waals surface area contributed by atoms with E-state index in [9.17, 15) is 9.18 Å². The SMILES string of the molecule is COc1ccccc1C[C@H](C(=O)Nc1ccc(F)cc1)c1nnn[n-]1. The molecule has 0 unspecified atom stereocenters. The number of carbonyl (C=O) groups excluding carboxylic acids is 1. The average Bonchev–Trinajstić information content (AvgIpc) is 3.16. The van der Waals surface area contributed by atoms with Gasteiger partial charge in [0.15, 0.2) is 0 Å². The van der Waals surface area contributed by atoms with Crippen molar-refractivity contribution in [2.75, 3.05) is 12.4 Å². The standard InChI is InChI=1S/C17H16FN5O2/c1-25-15-5-3-2-4-11(15)10-14(16-20-22-23-21-16)17(24)19-13-8-6-12(18)7-9-13/h2-9,14H,10H2,1H3,(H2,19,20,21,22,23,24)/p-1/t14-/m0/s1. The molecule has 0 fully saturated rings. The molecule has 1 atom stereocenters. The summed E-state index contributed by atoms with van der Waals surface area (Å²) in [6.45, 7) is 0. The van der Waals surface area contributed by atoms with E-state index in [0.717, 1.165) is 5.56 Å². The minimum absolute atomic E-state index is 0.213. The molecule has 25 heavy (non-hydrogen) atoms. The minimum Gasteiger partial charge on any atom is -0.496 e. The Bertz CT molecular complexity index is 837. The van der Waals surface area contributed by atoms with Gasteiger partial charge >= 0.3 is 0 Å². The second kappa shape index (κ2) is 7.52. The lowest BCUT2D eigenvalue weighted by molar-refractivity contribution is -0.117. The second-order valence-corrected chi connectivity index (χ2v) is 5.30. The first-order chi connectivity index (χ1) is 12.2. The van der Waals surface area contributed by atoms with Gasteiger partial charge in [0.25, 0.3) is 0 Å². The summed E-state index contributed by atoms with van der Waals surface area (Å²) in [5.41, 5.74) is 1.30. The van der Waals surface area contributed by atoms with E-state index in [1.807, 2.05) is 24.3 Å². The molecule has 0 aliphatic carbocycles. The number of amides is 1. The fourth-order valence-corrected chi connectivity index (χ4v) is 2.45. The van der Waals surface area contributed by atoms with E-state index in [0.29, 0.717) is 17.9 Å². The van der Waals surface area contributed by atoms with Crippen LogP contribution in [0.2, 0.25) is 0 Å². The Morgan fingerprint density at radius 3 is 2.68 bits per heavy atom. The summed E-state index contributed by atoms with van der Waals surface area (Å²) in [7, 11) is 1.56. The monoisotopic (exact) mass is 340 g/mol. The van der Waals surface area contributed by atoms with Gasteiger partial charge in [-0.1, -0.05) is 18.2 Å². The fourth-order valence-electron chi connectivity index (χ4n) is 2.45. The Labute approximate surface area is 143 Å². The second-order valence-electron chi connectivity index (χ2n) is 5.30. The van der Waals surface area contributed by atoms with E-state index < -0.39 is 5.92 Å². The van der Waals surface area contributed by atoms with E-state index in [4.69, 9.17) is 4.74 Å². The molecule has 0 spiro atoms. The van der Waals surface area contributed by atoms with Crippen molar-refractivity contribution >= 4 is 11.6 Å². The molecule has 0 saturated heterocycles. The molecule has 3 rings (SSSR count). The number of halogens is 1. The number of anilines is 1. The van der Waals surface area contributed by atoms with Gasteiger partial charge in [-0.25, -0.2) is 4.39 Å². The summed E-state index contributed by atoms with van der Waals surface area (Å²) in [6, 6.07) is 12.9. The highest BCUT2D eigenvalue weighted by molar-refractivity contribution is 5.95. The number of hydrogen-bond donors (Lipinski definition) is 1. The van der Waals surface area contributed by atoms with E-state index in [-0.39, 0.29) is 17.5 Å². The van der Waals surface area contributed by atoms with Gasteiger partial charge in [0.05, 0.1) is 13.0 Å². The highest BCUT2D eigenvalue weighted by Crippen LogP contribution is 2.25. The number of hydrogen-bond acceptors (Lipinski definition) is 5. The van der Waals surface area contributed by atoms with Crippen molar-refractivity contribution in [1.82, 2.24) is 20.6 Å². The summed E-state index contributed by atoms with van der Waals surface area (Å²) in [6.07, 6.45) is 0.310. The number of aromatic nitrogens is 4. The first-order valence-corrected chi connectivity index (χ1v) is 7.54. The number of para-hydroxylation sites is 1. The van der Waals surface area contributed by atoms with Crippen LogP contribution in [0.25, 0.3) is 0 Å². The van der Waals surface area contributed by atoms with E-state index in [2.05, 4.69) is 25.9 Å². The molecular weight excluding hydrogens is 325 g/mol. The molecule has 0 aliphatic heterocycles. The van der Waals surface area contributed by atoms with Crippen LogP contribution in [0.15, 0.2) is 48.5 Å². The number of tetrazole rings is 1. The number of nitrogens with zero attached hydrogens (tertiary/aromatic N) is 4. The van der Waals surface area contributed by atoms with Gasteiger partial charge in [-0.3, -0.25) is 15.1 Å².